The van der Waals surface area contributed by atoms with Crippen LogP contribution in [0.2, 0.25) is 5.15 Å². The molecule has 0 fully saturated rings. The van der Waals surface area contributed by atoms with Gasteiger partial charge in [-0.3, -0.25) is 4.79 Å². The number of nitrogens with one attached hydrogen (secondary N) is 1. The summed E-state index contributed by atoms with van der Waals surface area (Å²) >= 11 is 5.76. The van der Waals surface area contributed by atoms with Crippen LogP contribution in [-0.2, 0) is 6.54 Å². The Morgan fingerprint density at radius 1 is 1.36 bits per heavy atom. The van der Waals surface area contributed by atoms with E-state index in [2.05, 4.69) is 15.5 Å². The Morgan fingerprint density at radius 2 is 2.14 bits per heavy atom. The Bertz CT molecular complexity index is 794. The number of carbonyl (C=O) groups is 2. The van der Waals surface area contributed by atoms with Crippen LogP contribution in [-0.4, -0.2) is 39.1 Å². The quantitative estimate of drug-likeness (QED) is 0.900. The minimum absolute atomic E-state index is 0.0265. The van der Waals surface area contributed by atoms with Gasteiger partial charge in [0.1, 0.15) is 0 Å². The van der Waals surface area contributed by atoms with E-state index in [0.29, 0.717) is 17.8 Å². The monoisotopic (exact) mass is 318 g/mol. The van der Waals surface area contributed by atoms with Crippen LogP contribution in [0.15, 0.2) is 24.3 Å². The lowest BCUT2D eigenvalue weighted by molar-refractivity contribution is 0.0690. The van der Waals surface area contributed by atoms with Gasteiger partial charge in [-0.2, -0.15) is 0 Å². The lowest BCUT2D eigenvalue weighted by atomic mass is 10.1. The zero-order valence-corrected chi connectivity index (χ0v) is 12.3. The Kier molecular flexibility index (Phi) is 3.42. The number of hydrogen-bond acceptors (Lipinski definition) is 5. The van der Waals surface area contributed by atoms with Gasteiger partial charge in [0, 0.05) is 30.9 Å². The number of aromatic nitrogens is 2. The minimum Gasteiger partial charge on any atom is -0.476 e. The molecular formula is C14H11ClN4O3. The number of benzene rings is 1. The van der Waals surface area contributed by atoms with E-state index < -0.39 is 5.97 Å². The second-order valence-corrected chi connectivity index (χ2v) is 5.28. The molecule has 8 heteroatoms. The van der Waals surface area contributed by atoms with Crippen molar-refractivity contribution in [3.05, 3.63) is 46.2 Å². The zero-order valence-electron chi connectivity index (χ0n) is 11.5. The summed E-state index contributed by atoms with van der Waals surface area (Å²) in [4.78, 5) is 24.6. The van der Waals surface area contributed by atoms with Crippen molar-refractivity contribution in [1.29, 1.82) is 0 Å². The van der Waals surface area contributed by atoms with Gasteiger partial charge in [-0.1, -0.05) is 11.6 Å². The summed E-state index contributed by atoms with van der Waals surface area (Å²) in [5.74, 6) is -1.23. The number of hydrogen-bond donors (Lipinski definition) is 2. The number of amides is 1. The van der Waals surface area contributed by atoms with Crippen molar-refractivity contribution in [3.8, 4) is 0 Å². The molecule has 1 aliphatic rings. The first-order chi connectivity index (χ1) is 10.5. The SMILES string of the molecule is CN1Cc2cc(Nc3cc(Cl)nnc3C(=O)O)ccc2C1=O. The minimum atomic E-state index is -1.21. The number of fused-ring (bicyclic) bond motifs is 1. The second-order valence-electron chi connectivity index (χ2n) is 4.89. The molecule has 0 bridgehead atoms. The Labute approximate surface area is 130 Å². The van der Waals surface area contributed by atoms with Gasteiger partial charge in [0.25, 0.3) is 5.91 Å². The van der Waals surface area contributed by atoms with Crippen LogP contribution in [0, 0.1) is 0 Å². The molecule has 1 aliphatic heterocycles. The predicted octanol–water partition coefficient (Wildman–Crippen LogP) is 2.16. The highest BCUT2D eigenvalue weighted by Crippen LogP contribution is 2.27. The predicted molar refractivity (Wildman–Crippen MR) is 79.5 cm³/mol. The van der Waals surface area contributed by atoms with E-state index in [1.165, 1.54) is 6.07 Å². The van der Waals surface area contributed by atoms with Crippen molar-refractivity contribution < 1.29 is 14.7 Å². The number of carboxylic acid groups (broad SMARTS) is 1. The molecule has 1 aromatic carbocycles. The van der Waals surface area contributed by atoms with E-state index in [1.54, 1.807) is 30.1 Å². The van der Waals surface area contributed by atoms with Crippen molar-refractivity contribution in [2.45, 2.75) is 6.54 Å². The first-order valence-corrected chi connectivity index (χ1v) is 6.75. The molecule has 2 heterocycles. The summed E-state index contributed by atoms with van der Waals surface area (Å²) < 4.78 is 0. The van der Waals surface area contributed by atoms with Crippen molar-refractivity contribution in [2.24, 2.45) is 0 Å². The van der Waals surface area contributed by atoms with Crippen LogP contribution < -0.4 is 5.32 Å². The molecule has 0 atom stereocenters. The van der Waals surface area contributed by atoms with Crippen molar-refractivity contribution in [1.82, 2.24) is 15.1 Å². The number of aromatic carboxylic acids is 1. The summed E-state index contributed by atoms with van der Waals surface area (Å²) in [5, 5.41) is 19.3. The van der Waals surface area contributed by atoms with Crippen molar-refractivity contribution in [3.63, 3.8) is 0 Å². The zero-order chi connectivity index (χ0) is 15.9. The highest BCUT2D eigenvalue weighted by molar-refractivity contribution is 6.29. The molecule has 1 aromatic heterocycles. The van der Waals surface area contributed by atoms with Crippen LogP contribution in [0.4, 0.5) is 11.4 Å². The number of carboxylic acids is 1. The summed E-state index contributed by atoms with van der Waals surface area (Å²) in [6.07, 6.45) is 0. The summed E-state index contributed by atoms with van der Waals surface area (Å²) in [6, 6.07) is 6.61. The number of rotatable bonds is 3. The van der Waals surface area contributed by atoms with Gasteiger partial charge in [-0.15, -0.1) is 10.2 Å². The van der Waals surface area contributed by atoms with E-state index in [9.17, 15) is 9.59 Å². The van der Waals surface area contributed by atoms with Gasteiger partial charge in [0.15, 0.2) is 10.8 Å². The maximum absolute atomic E-state index is 11.8. The fourth-order valence-electron chi connectivity index (χ4n) is 2.32. The lowest BCUT2D eigenvalue weighted by Gasteiger charge is -2.09. The first kappa shape index (κ1) is 14.3. The van der Waals surface area contributed by atoms with E-state index in [1.807, 2.05) is 0 Å². The summed E-state index contributed by atoms with van der Waals surface area (Å²) in [5.41, 5.74) is 2.19. The summed E-state index contributed by atoms with van der Waals surface area (Å²) in [7, 11) is 1.73. The van der Waals surface area contributed by atoms with Crippen LogP contribution in [0.3, 0.4) is 0 Å². The van der Waals surface area contributed by atoms with Gasteiger partial charge >= 0.3 is 5.97 Å². The average molecular weight is 319 g/mol. The highest BCUT2D eigenvalue weighted by atomic mass is 35.5. The van der Waals surface area contributed by atoms with Gasteiger partial charge in [0.2, 0.25) is 0 Å². The van der Waals surface area contributed by atoms with E-state index in [-0.39, 0.29) is 22.4 Å². The Morgan fingerprint density at radius 3 is 2.86 bits per heavy atom. The smallest absolute Gasteiger partial charge is 0.358 e. The molecule has 0 saturated carbocycles. The molecule has 0 unspecified atom stereocenters. The third-order valence-corrected chi connectivity index (χ3v) is 3.52. The Balaban J connectivity index is 1.95. The topological polar surface area (TPSA) is 95.4 Å². The number of halogens is 1. The third-order valence-electron chi connectivity index (χ3n) is 3.34. The third kappa shape index (κ3) is 2.46. The molecule has 0 saturated heterocycles. The molecule has 0 radical (unpaired) electrons. The molecule has 0 spiro atoms. The standard InChI is InChI=1S/C14H11ClN4O3/c1-19-6-7-4-8(2-3-9(7)13(19)20)16-10-5-11(15)17-18-12(10)14(21)22/h2-5H,6H2,1H3,(H,16,17)(H,21,22). The molecule has 7 nitrogen and oxygen atoms in total. The number of carbonyl (C=O) groups excluding carboxylic acids is 1. The van der Waals surface area contributed by atoms with E-state index >= 15 is 0 Å². The molecule has 1 amide bonds. The molecule has 2 aromatic rings. The molecule has 22 heavy (non-hydrogen) atoms. The van der Waals surface area contributed by atoms with Crippen LogP contribution in [0.1, 0.15) is 26.4 Å². The van der Waals surface area contributed by atoms with Gasteiger partial charge in [-0.25, -0.2) is 4.79 Å². The van der Waals surface area contributed by atoms with E-state index in [4.69, 9.17) is 16.7 Å². The Hall–Kier alpha value is -2.67. The van der Waals surface area contributed by atoms with Gasteiger partial charge < -0.3 is 15.3 Å². The lowest BCUT2D eigenvalue weighted by Crippen LogP contribution is -2.17. The number of anilines is 2. The second kappa shape index (κ2) is 5.27. The molecule has 3 rings (SSSR count). The van der Waals surface area contributed by atoms with Gasteiger partial charge in [0.05, 0.1) is 5.69 Å². The first-order valence-electron chi connectivity index (χ1n) is 6.37. The molecular weight excluding hydrogens is 308 g/mol. The number of nitrogens with zero attached hydrogens (tertiary/aromatic N) is 3. The normalized spacial score (nSPS) is 13.2. The van der Waals surface area contributed by atoms with Crippen molar-refractivity contribution in [2.75, 3.05) is 12.4 Å². The van der Waals surface area contributed by atoms with Crippen molar-refractivity contribution >= 4 is 34.9 Å². The van der Waals surface area contributed by atoms with Gasteiger partial charge in [-0.05, 0) is 23.8 Å². The summed E-state index contributed by atoms with van der Waals surface area (Å²) in [6.45, 7) is 0.519. The molecule has 2 N–H and O–H groups in total. The maximum Gasteiger partial charge on any atom is 0.358 e. The molecule has 112 valence electrons. The van der Waals surface area contributed by atoms with Crippen LogP contribution >= 0.6 is 11.6 Å². The van der Waals surface area contributed by atoms with Crippen LogP contribution in [0.5, 0.6) is 0 Å². The van der Waals surface area contributed by atoms with E-state index in [0.717, 1.165) is 5.56 Å². The fourth-order valence-corrected chi connectivity index (χ4v) is 2.47. The molecule has 0 aliphatic carbocycles. The highest BCUT2D eigenvalue weighted by Gasteiger charge is 2.24. The largest absolute Gasteiger partial charge is 0.476 e. The fraction of sp³-hybridized carbons (Fsp3) is 0.143. The average Bonchev–Trinajstić information content (AvgIpc) is 2.73. The maximum atomic E-state index is 11.8. The van der Waals surface area contributed by atoms with Crippen LogP contribution in [0.25, 0.3) is 0 Å².